The molecule has 2 nitrogen and oxygen atoms in total. The molecule has 1 aliphatic carbocycles. The van der Waals surface area contributed by atoms with Crippen molar-refractivity contribution in [3.8, 4) is 5.75 Å². The third kappa shape index (κ3) is 1.94. The molecule has 1 fully saturated rings. The van der Waals surface area contributed by atoms with Crippen molar-refractivity contribution in [3.63, 3.8) is 0 Å². The first-order valence-electron chi connectivity index (χ1n) is 6.18. The van der Waals surface area contributed by atoms with Crippen LogP contribution in [0.3, 0.4) is 0 Å². The zero-order chi connectivity index (χ0) is 11.6. The van der Waals surface area contributed by atoms with Gasteiger partial charge in [0.25, 0.3) is 0 Å². The fraction of sp³-hybridized carbons (Fsp3) is 0.571. The van der Waals surface area contributed by atoms with Crippen molar-refractivity contribution in [2.75, 3.05) is 0 Å². The summed E-state index contributed by atoms with van der Waals surface area (Å²) in [4.78, 5) is 0. The fourth-order valence-corrected chi connectivity index (χ4v) is 2.93. The van der Waals surface area contributed by atoms with Gasteiger partial charge in [-0.3, -0.25) is 0 Å². The predicted octanol–water partition coefficient (Wildman–Crippen LogP) is 3.18. The average molecular weight is 220 g/mol. The summed E-state index contributed by atoms with van der Waals surface area (Å²) in [5, 5.41) is 20.3. The Hall–Kier alpha value is -1.02. The highest BCUT2D eigenvalue weighted by molar-refractivity contribution is 5.32. The summed E-state index contributed by atoms with van der Waals surface area (Å²) >= 11 is 0. The maximum absolute atomic E-state index is 10.8. The molecular weight excluding hydrogens is 200 g/mol. The number of phenolic OH excluding ortho intramolecular Hbond substituents is 1. The van der Waals surface area contributed by atoms with Gasteiger partial charge in [-0.25, -0.2) is 0 Å². The molecule has 0 amide bonds. The second kappa shape index (κ2) is 4.46. The van der Waals surface area contributed by atoms with Gasteiger partial charge in [0.15, 0.2) is 0 Å². The molecule has 2 N–H and O–H groups in total. The van der Waals surface area contributed by atoms with E-state index in [4.69, 9.17) is 0 Å². The van der Waals surface area contributed by atoms with Gasteiger partial charge in [0, 0.05) is 0 Å². The average Bonchev–Trinajstić information content (AvgIpc) is 2.30. The number of aliphatic hydroxyl groups is 1. The molecule has 1 saturated carbocycles. The first kappa shape index (κ1) is 11.5. The van der Waals surface area contributed by atoms with E-state index in [2.05, 4.69) is 6.92 Å². The van der Waals surface area contributed by atoms with Crippen LogP contribution in [-0.2, 0) is 5.60 Å². The summed E-state index contributed by atoms with van der Waals surface area (Å²) in [7, 11) is 0. The van der Waals surface area contributed by atoms with Gasteiger partial charge < -0.3 is 10.2 Å². The molecule has 0 bridgehead atoms. The smallest absolute Gasteiger partial charge is 0.115 e. The Bertz CT molecular complexity index is 362. The highest BCUT2D eigenvalue weighted by Gasteiger charge is 2.39. The van der Waals surface area contributed by atoms with E-state index in [1.54, 1.807) is 12.1 Å². The van der Waals surface area contributed by atoms with Crippen LogP contribution >= 0.6 is 0 Å². The molecule has 1 aromatic carbocycles. The highest BCUT2D eigenvalue weighted by atomic mass is 16.3. The first-order valence-corrected chi connectivity index (χ1v) is 6.18. The third-order valence-electron chi connectivity index (χ3n) is 3.87. The predicted molar refractivity (Wildman–Crippen MR) is 64.3 cm³/mol. The molecule has 0 aromatic heterocycles. The van der Waals surface area contributed by atoms with Crippen LogP contribution in [-0.4, -0.2) is 10.2 Å². The van der Waals surface area contributed by atoms with Crippen LogP contribution in [0, 0.1) is 5.92 Å². The molecule has 88 valence electrons. The van der Waals surface area contributed by atoms with Gasteiger partial charge in [-0.1, -0.05) is 38.3 Å². The maximum Gasteiger partial charge on any atom is 0.115 e. The topological polar surface area (TPSA) is 40.5 Å². The number of rotatable bonds is 2. The summed E-state index contributed by atoms with van der Waals surface area (Å²) in [5.41, 5.74) is 0.144. The zero-order valence-corrected chi connectivity index (χ0v) is 9.82. The molecule has 0 heterocycles. The van der Waals surface area contributed by atoms with Gasteiger partial charge in [-0.05, 0) is 36.5 Å². The summed E-state index contributed by atoms with van der Waals surface area (Å²) in [6.07, 6.45) is 5.17. The number of aromatic hydroxyl groups is 1. The lowest BCUT2D eigenvalue weighted by atomic mass is 9.70. The van der Waals surface area contributed by atoms with Gasteiger partial charge in [0.05, 0.1) is 5.60 Å². The lowest BCUT2D eigenvalue weighted by molar-refractivity contribution is -0.0558. The minimum absolute atomic E-state index is 0.242. The molecule has 1 aromatic rings. The van der Waals surface area contributed by atoms with Gasteiger partial charge in [-0.15, -0.1) is 0 Å². The van der Waals surface area contributed by atoms with Gasteiger partial charge in [0.2, 0.25) is 0 Å². The van der Waals surface area contributed by atoms with E-state index in [1.807, 2.05) is 12.1 Å². The molecule has 16 heavy (non-hydrogen) atoms. The van der Waals surface area contributed by atoms with Crippen LogP contribution < -0.4 is 0 Å². The Balaban J connectivity index is 2.34. The fourth-order valence-electron chi connectivity index (χ4n) is 2.93. The SMILES string of the molecule is CC[C@H]1CCCC[C@]1(O)c1cccc(O)c1. The van der Waals surface area contributed by atoms with E-state index in [-0.39, 0.29) is 5.75 Å². The maximum atomic E-state index is 10.8. The van der Waals surface area contributed by atoms with Crippen molar-refractivity contribution in [2.24, 2.45) is 5.92 Å². The third-order valence-corrected chi connectivity index (χ3v) is 3.87. The zero-order valence-electron chi connectivity index (χ0n) is 9.82. The molecule has 2 rings (SSSR count). The lowest BCUT2D eigenvalue weighted by Gasteiger charge is -2.40. The summed E-state index contributed by atoms with van der Waals surface area (Å²) < 4.78 is 0. The van der Waals surface area contributed by atoms with Crippen LogP contribution in [0.15, 0.2) is 24.3 Å². The van der Waals surface area contributed by atoms with E-state index >= 15 is 0 Å². The molecule has 0 aliphatic heterocycles. The van der Waals surface area contributed by atoms with Crippen LogP contribution in [0.2, 0.25) is 0 Å². The number of benzene rings is 1. The van der Waals surface area contributed by atoms with Crippen molar-refractivity contribution in [2.45, 2.75) is 44.6 Å². The summed E-state index contributed by atoms with van der Waals surface area (Å²) in [6, 6.07) is 7.09. The standard InChI is InChI=1S/C14H20O2/c1-2-11-6-3-4-9-14(11,16)12-7-5-8-13(15)10-12/h5,7-8,10-11,15-16H,2-4,6,9H2,1H3/t11-,14+/m0/s1. The molecule has 0 saturated heterocycles. The van der Waals surface area contributed by atoms with Crippen molar-refractivity contribution in [1.82, 2.24) is 0 Å². The largest absolute Gasteiger partial charge is 0.508 e. The van der Waals surface area contributed by atoms with Gasteiger partial charge >= 0.3 is 0 Å². The molecule has 0 radical (unpaired) electrons. The monoisotopic (exact) mass is 220 g/mol. The molecule has 0 spiro atoms. The van der Waals surface area contributed by atoms with E-state index in [0.717, 1.165) is 31.2 Å². The van der Waals surface area contributed by atoms with E-state index in [0.29, 0.717) is 5.92 Å². The second-order valence-electron chi connectivity index (χ2n) is 4.83. The molecule has 0 unspecified atom stereocenters. The Morgan fingerprint density at radius 2 is 2.19 bits per heavy atom. The van der Waals surface area contributed by atoms with E-state index < -0.39 is 5.60 Å². The van der Waals surface area contributed by atoms with Crippen molar-refractivity contribution in [1.29, 1.82) is 0 Å². The Kier molecular flexibility index (Phi) is 3.20. The highest BCUT2D eigenvalue weighted by Crippen LogP contribution is 2.43. The van der Waals surface area contributed by atoms with Crippen LogP contribution in [0.1, 0.15) is 44.6 Å². The Morgan fingerprint density at radius 1 is 1.38 bits per heavy atom. The quantitative estimate of drug-likeness (QED) is 0.803. The molecule has 2 atom stereocenters. The number of hydrogen-bond acceptors (Lipinski definition) is 2. The van der Waals surface area contributed by atoms with Crippen molar-refractivity contribution >= 4 is 0 Å². The van der Waals surface area contributed by atoms with Crippen molar-refractivity contribution < 1.29 is 10.2 Å². The summed E-state index contributed by atoms with van der Waals surface area (Å²) in [6.45, 7) is 2.13. The van der Waals surface area contributed by atoms with Gasteiger partial charge in [-0.2, -0.15) is 0 Å². The molecular formula is C14H20O2. The van der Waals surface area contributed by atoms with Gasteiger partial charge in [0.1, 0.15) is 5.75 Å². The minimum atomic E-state index is -0.730. The molecule has 1 aliphatic rings. The summed E-state index contributed by atoms with van der Waals surface area (Å²) in [5.74, 6) is 0.564. The van der Waals surface area contributed by atoms with Crippen LogP contribution in [0.5, 0.6) is 5.75 Å². The Morgan fingerprint density at radius 3 is 2.88 bits per heavy atom. The van der Waals surface area contributed by atoms with Crippen LogP contribution in [0.25, 0.3) is 0 Å². The number of hydrogen-bond donors (Lipinski definition) is 2. The second-order valence-corrected chi connectivity index (χ2v) is 4.83. The normalized spacial score (nSPS) is 30.2. The van der Waals surface area contributed by atoms with E-state index in [1.165, 1.54) is 6.42 Å². The number of phenols is 1. The lowest BCUT2D eigenvalue weighted by Crippen LogP contribution is -2.37. The Labute approximate surface area is 96.9 Å². The molecule has 2 heteroatoms. The first-order chi connectivity index (χ1) is 7.66. The van der Waals surface area contributed by atoms with Crippen LogP contribution in [0.4, 0.5) is 0 Å². The van der Waals surface area contributed by atoms with Crippen molar-refractivity contribution in [3.05, 3.63) is 29.8 Å². The van der Waals surface area contributed by atoms with E-state index in [9.17, 15) is 10.2 Å². The minimum Gasteiger partial charge on any atom is -0.508 e.